The SMILES string of the molecule is C=C(C)CCNC=O.CN1CCCC1=O. The second-order valence-electron chi connectivity index (χ2n) is 3.70. The van der Waals surface area contributed by atoms with E-state index in [1.165, 1.54) is 0 Å². The lowest BCUT2D eigenvalue weighted by atomic mass is 10.2. The van der Waals surface area contributed by atoms with E-state index in [0.29, 0.717) is 18.9 Å². The van der Waals surface area contributed by atoms with Crippen molar-refractivity contribution in [2.75, 3.05) is 20.1 Å². The van der Waals surface area contributed by atoms with Crippen LogP contribution in [0, 0.1) is 0 Å². The van der Waals surface area contributed by atoms with Crippen molar-refractivity contribution in [3.63, 3.8) is 0 Å². The quantitative estimate of drug-likeness (QED) is 0.428. The van der Waals surface area contributed by atoms with Crippen molar-refractivity contribution < 1.29 is 9.59 Å². The predicted molar refractivity (Wildman–Crippen MR) is 60.4 cm³/mol. The molecule has 0 atom stereocenters. The highest BCUT2D eigenvalue weighted by Gasteiger charge is 2.14. The lowest BCUT2D eigenvalue weighted by molar-refractivity contribution is -0.126. The molecule has 1 aliphatic rings. The van der Waals surface area contributed by atoms with E-state index in [2.05, 4.69) is 11.9 Å². The zero-order valence-corrected chi connectivity index (χ0v) is 9.58. The van der Waals surface area contributed by atoms with Gasteiger partial charge >= 0.3 is 0 Å². The number of likely N-dealkylation sites (tertiary alicyclic amines) is 1. The summed E-state index contributed by atoms with van der Waals surface area (Å²) < 4.78 is 0. The second-order valence-corrected chi connectivity index (χ2v) is 3.70. The van der Waals surface area contributed by atoms with Crippen LogP contribution in [0.2, 0.25) is 0 Å². The number of carbonyl (C=O) groups excluding carboxylic acids is 2. The van der Waals surface area contributed by atoms with E-state index in [1.807, 2.05) is 14.0 Å². The van der Waals surface area contributed by atoms with E-state index in [-0.39, 0.29) is 0 Å². The van der Waals surface area contributed by atoms with Crippen molar-refractivity contribution in [3.05, 3.63) is 12.2 Å². The van der Waals surface area contributed by atoms with E-state index in [1.54, 1.807) is 4.90 Å². The highest BCUT2D eigenvalue weighted by Crippen LogP contribution is 2.04. The molecule has 4 heteroatoms. The van der Waals surface area contributed by atoms with E-state index >= 15 is 0 Å². The molecule has 1 aliphatic heterocycles. The molecule has 1 saturated heterocycles. The topological polar surface area (TPSA) is 49.4 Å². The molecule has 0 saturated carbocycles. The fourth-order valence-corrected chi connectivity index (χ4v) is 1.13. The minimum atomic E-state index is 0.292. The Kier molecular flexibility index (Phi) is 7.32. The molecule has 1 N–H and O–H groups in total. The van der Waals surface area contributed by atoms with Gasteiger partial charge in [0.1, 0.15) is 0 Å². The molecule has 0 bridgehead atoms. The molecule has 0 aromatic carbocycles. The largest absolute Gasteiger partial charge is 0.358 e. The van der Waals surface area contributed by atoms with Crippen LogP contribution in [0.4, 0.5) is 0 Å². The van der Waals surface area contributed by atoms with Crippen LogP contribution in [0.3, 0.4) is 0 Å². The van der Waals surface area contributed by atoms with Gasteiger partial charge in [-0.15, -0.1) is 6.58 Å². The first-order chi connectivity index (χ1) is 7.07. The average Bonchev–Trinajstić information content (AvgIpc) is 2.52. The third-order valence-corrected chi connectivity index (χ3v) is 2.09. The van der Waals surface area contributed by atoms with Gasteiger partial charge in [-0.1, -0.05) is 5.57 Å². The Labute approximate surface area is 91.3 Å². The summed E-state index contributed by atoms with van der Waals surface area (Å²) in [5.41, 5.74) is 1.10. The summed E-state index contributed by atoms with van der Waals surface area (Å²) in [4.78, 5) is 21.9. The van der Waals surface area contributed by atoms with E-state index < -0.39 is 0 Å². The molecule has 2 amide bonds. The second kappa shape index (κ2) is 8.03. The van der Waals surface area contributed by atoms with Gasteiger partial charge in [-0.25, -0.2) is 0 Å². The maximum atomic E-state index is 10.5. The number of hydrogen-bond donors (Lipinski definition) is 1. The molecule has 0 aromatic heterocycles. The molecular weight excluding hydrogens is 192 g/mol. The fourth-order valence-electron chi connectivity index (χ4n) is 1.13. The Balaban J connectivity index is 0.000000262. The van der Waals surface area contributed by atoms with Crippen LogP contribution in [-0.4, -0.2) is 37.4 Å². The summed E-state index contributed by atoms with van der Waals surface area (Å²) >= 11 is 0. The monoisotopic (exact) mass is 212 g/mol. The fraction of sp³-hybridized carbons (Fsp3) is 0.636. The smallest absolute Gasteiger partial charge is 0.222 e. The van der Waals surface area contributed by atoms with Crippen molar-refractivity contribution in [1.82, 2.24) is 10.2 Å². The van der Waals surface area contributed by atoms with Crippen LogP contribution in [-0.2, 0) is 9.59 Å². The van der Waals surface area contributed by atoms with Crippen molar-refractivity contribution in [3.8, 4) is 0 Å². The van der Waals surface area contributed by atoms with E-state index in [0.717, 1.165) is 31.4 Å². The third kappa shape index (κ3) is 7.73. The Morgan fingerprint density at radius 1 is 1.67 bits per heavy atom. The summed E-state index contributed by atoms with van der Waals surface area (Å²) in [6, 6.07) is 0. The molecule has 4 nitrogen and oxygen atoms in total. The first kappa shape index (κ1) is 13.7. The van der Waals surface area contributed by atoms with Crippen LogP contribution in [0.25, 0.3) is 0 Å². The van der Waals surface area contributed by atoms with Crippen LogP contribution in [0.5, 0.6) is 0 Å². The molecule has 0 aliphatic carbocycles. The molecule has 1 heterocycles. The molecule has 0 radical (unpaired) electrons. The lowest BCUT2D eigenvalue weighted by Gasteiger charge is -2.03. The highest BCUT2D eigenvalue weighted by atomic mass is 16.2. The van der Waals surface area contributed by atoms with Gasteiger partial charge in [0.2, 0.25) is 12.3 Å². The number of amides is 2. The van der Waals surface area contributed by atoms with Crippen molar-refractivity contribution in [1.29, 1.82) is 0 Å². The third-order valence-electron chi connectivity index (χ3n) is 2.09. The first-order valence-corrected chi connectivity index (χ1v) is 5.13. The molecule has 86 valence electrons. The predicted octanol–water partition coefficient (Wildman–Crippen LogP) is 0.937. The molecule has 0 unspecified atom stereocenters. The van der Waals surface area contributed by atoms with Crippen LogP contribution in [0.15, 0.2) is 12.2 Å². The Morgan fingerprint density at radius 3 is 2.60 bits per heavy atom. The zero-order chi connectivity index (χ0) is 11.7. The summed E-state index contributed by atoms with van der Waals surface area (Å²) in [5, 5.41) is 2.54. The standard InChI is InChI=1S/C6H11NO.C5H9NO/c1-6(2)3-4-7-5-8;1-6-4-2-3-5(6)7/h5H,1,3-4H2,2H3,(H,7,8);2-4H2,1H3. The summed E-state index contributed by atoms with van der Waals surface area (Å²) in [5.74, 6) is 0.292. The number of nitrogens with zero attached hydrogens (tertiary/aromatic N) is 1. The Hall–Kier alpha value is -1.32. The maximum Gasteiger partial charge on any atom is 0.222 e. The molecule has 0 spiro atoms. The van der Waals surface area contributed by atoms with E-state index in [9.17, 15) is 9.59 Å². The van der Waals surface area contributed by atoms with Gasteiger partial charge in [-0.3, -0.25) is 9.59 Å². The van der Waals surface area contributed by atoms with Crippen LogP contribution in [0.1, 0.15) is 26.2 Å². The molecule has 1 fully saturated rings. The Bertz CT molecular complexity index is 227. The number of nitrogens with one attached hydrogen (secondary N) is 1. The van der Waals surface area contributed by atoms with Crippen molar-refractivity contribution in [2.24, 2.45) is 0 Å². The molecular formula is C11H20N2O2. The number of carbonyl (C=O) groups is 2. The normalized spacial score (nSPS) is 14.3. The number of rotatable bonds is 4. The van der Waals surface area contributed by atoms with Crippen LogP contribution >= 0.6 is 0 Å². The number of hydrogen-bond acceptors (Lipinski definition) is 2. The first-order valence-electron chi connectivity index (χ1n) is 5.13. The molecule has 1 rings (SSSR count). The minimum Gasteiger partial charge on any atom is -0.358 e. The van der Waals surface area contributed by atoms with Gasteiger partial charge in [0, 0.05) is 26.6 Å². The average molecular weight is 212 g/mol. The minimum absolute atomic E-state index is 0.292. The van der Waals surface area contributed by atoms with Crippen molar-refractivity contribution >= 4 is 12.3 Å². The van der Waals surface area contributed by atoms with Gasteiger partial charge in [-0.2, -0.15) is 0 Å². The Morgan fingerprint density at radius 2 is 2.33 bits per heavy atom. The zero-order valence-electron chi connectivity index (χ0n) is 9.58. The molecule has 0 aromatic rings. The van der Waals surface area contributed by atoms with Gasteiger partial charge in [0.05, 0.1) is 0 Å². The summed E-state index contributed by atoms with van der Waals surface area (Å²) in [7, 11) is 1.84. The van der Waals surface area contributed by atoms with Crippen LogP contribution < -0.4 is 5.32 Å². The maximum absolute atomic E-state index is 10.5. The van der Waals surface area contributed by atoms with Gasteiger partial charge < -0.3 is 10.2 Å². The molecule has 15 heavy (non-hydrogen) atoms. The summed E-state index contributed by atoms with van der Waals surface area (Å²) in [6.45, 7) is 7.27. The summed E-state index contributed by atoms with van der Waals surface area (Å²) in [6.07, 6.45) is 3.38. The van der Waals surface area contributed by atoms with Crippen molar-refractivity contribution in [2.45, 2.75) is 26.2 Å². The highest BCUT2D eigenvalue weighted by molar-refractivity contribution is 5.77. The van der Waals surface area contributed by atoms with E-state index in [4.69, 9.17) is 0 Å². The van der Waals surface area contributed by atoms with Gasteiger partial charge in [0.25, 0.3) is 0 Å². The lowest BCUT2D eigenvalue weighted by Crippen LogP contribution is -2.17. The van der Waals surface area contributed by atoms with Gasteiger partial charge in [-0.05, 0) is 19.8 Å². The van der Waals surface area contributed by atoms with Gasteiger partial charge in [0.15, 0.2) is 0 Å².